The van der Waals surface area contributed by atoms with E-state index in [1.165, 1.54) is 0 Å². The van der Waals surface area contributed by atoms with E-state index in [4.69, 9.17) is 0 Å². The number of aryl methyl sites for hydroxylation is 1. The highest BCUT2D eigenvalue weighted by atomic mass is 16.2. The molecule has 0 aliphatic carbocycles. The zero-order valence-electron chi connectivity index (χ0n) is 17.8. The molecule has 7 heteroatoms. The lowest BCUT2D eigenvalue weighted by molar-refractivity contribution is -0.121. The monoisotopic (exact) mass is 420 g/mol. The number of hydrogen-bond donors (Lipinski definition) is 2. The first kappa shape index (κ1) is 20.9. The van der Waals surface area contributed by atoms with E-state index < -0.39 is 0 Å². The van der Waals surface area contributed by atoms with E-state index in [0.717, 1.165) is 37.1 Å². The van der Waals surface area contributed by atoms with Gasteiger partial charge in [-0.05, 0) is 37.0 Å². The number of para-hydroxylation sites is 1. The molecule has 0 aromatic heterocycles. The normalized spacial score (nSPS) is 19.0. The molecule has 2 aromatic rings. The van der Waals surface area contributed by atoms with Crippen molar-refractivity contribution in [1.82, 2.24) is 15.1 Å². The fourth-order valence-electron chi connectivity index (χ4n) is 4.33. The first-order valence-corrected chi connectivity index (χ1v) is 10.8. The molecule has 162 valence electrons. The van der Waals surface area contributed by atoms with Gasteiger partial charge < -0.3 is 20.4 Å². The molecule has 4 rings (SSSR count). The summed E-state index contributed by atoms with van der Waals surface area (Å²) in [6.07, 6.45) is 2.21. The molecule has 0 bridgehead atoms. The number of carbonyl (C=O) groups excluding carboxylic acids is 3. The highest BCUT2D eigenvalue weighted by Crippen LogP contribution is 2.29. The van der Waals surface area contributed by atoms with Crippen LogP contribution in [0.2, 0.25) is 0 Å². The minimum Gasteiger partial charge on any atom is -0.354 e. The SMILES string of the molecule is Cc1cccc(C(=O)N2CCCC2)c1NC(=O)N1CCNC(=O)C[C@H]1c1ccccc1. The molecule has 0 saturated carbocycles. The number of benzene rings is 2. The van der Waals surface area contributed by atoms with Crippen molar-refractivity contribution < 1.29 is 14.4 Å². The van der Waals surface area contributed by atoms with Crippen molar-refractivity contribution in [3.63, 3.8) is 0 Å². The molecule has 2 N–H and O–H groups in total. The summed E-state index contributed by atoms with van der Waals surface area (Å²) in [5.41, 5.74) is 2.79. The Morgan fingerprint density at radius 2 is 1.74 bits per heavy atom. The van der Waals surface area contributed by atoms with E-state index in [1.807, 2.05) is 54.3 Å². The summed E-state index contributed by atoms with van der Waals surface area (Å²) in [5.74, 6) is -0.131. The molecule has 0 unspecified atom stereocenters. The lowest BCUT2D eigenvalue weighted by Gasteiger charge is -2.30. The molecule has 4 amide bonds. The van der Waals surface area contributed by atoms with E-state index >= 15 is 0 Å². The summed E-state index contributed by atoms with van der Waals surface area (Å²) >= 11 is 0. The van der Waals surface area contributed by atoms with Crippen molar-refractivity contribution in [3.8, 4) is 0 Å². The van der Waals surface area contributed by atoms with Crippen LogP contribution in [0.25, 0.3) is 0 Å². The number of carbonyl (C=O) groups is 3. The summed E-state index contributed by atoms with van der Waals surface area (Å²) in [6, 6.07) is 14.4. The highest BCUT2D eigenvalue weighted by molar-refractivity contribution is 6.04. The summed E-state index contributed by atoms with van der Waals surface area (Å²) < 4.78 is 0. The predicted molar refractivity (Wildman–Crippen MR) is 119 cm³/mol. The molecule has 7 nitrogen and oxygen atoms in total. The van der Waals surface area contributed by atoms with Gasteiger partial charge in [-0.1, -0.05) is 42.5 Å². The van der Waals surface area contributed by atoms with E-state index in [9.17, 15) is 14.4 Å². The van der Waals surface area contributed by atoms with Crippen molar-refractivity contribution in [2.75, 3.05) is 31.5 Å². The van der Waals surface area contributed by atoms with Crippen LogP contribution < -0.4 is 10.6 Å². The fourth-order valence-corrected chi connectivity index (χ4v) is 4.33. The van der Waals surface area contributed by atoms with E-state index in [0.29, 0.717) is 24.3 Å². The number of anilines is 1. The predicted octanol–water partition coefficient (Wildman–Crippen LogP) is 3.33. The highest BCUT2D eigenvalue weighted by Gasteiger charge is 2.31. The van der Waals surface area contributed by atoms with Gasteiger partial charge >= 0.3 is 6.03 Å². The molecule has 2 aliphatic heterocycles. The van der Waals surface area contributed by atoms with Crippen molar-refractivity contribution in [3.05, 3.63) is 65.2 Å². The second kappa shape index (κ2) is 9.20. The number of nitrogens with zero attached hydrogens (tertiary/aromatic N) is 2. The first-order valence-electron chi connectivity index (χ1n) is 10.8. The molecule has 1 atom stereocenters. The number of nitrogens with one attached hydrogen (secondary N) is 2. The maximum absolute atomic E-state index is 13.4. The van der Waals surface area contributed by atoms with Crippen LogP contribution in [0.1, 0.15) is 46.8 Å². The number of urea groups is 1. The van der Waals surface area contributed by atoms with Gasteiger partial charge in [0.25, 0.3) is 5.91 Å². The summed E-state index contributed by atoms with van der Waals surface area (Å²) in [5, 5.41) is 5.85. The van der Waals surface area contributed by atoms with Gasteiger partial charge in [0.15, 0.2) is 0 Å². The molecule has 2 fully saturated rings. The first-order chi connectivity index (χ1) is 15.0. The van der Waals surface area contributed by atoms with Crippen LogP contribution in [0.3, 0.4) is 0 Å². The Labute approximate surface area is 182 Å². The van der Waals surface area contributed by atoms with E-state index in [1.54, 1.807) is 11.0 Å². The summed E-state index contributed by atoms with van der Waals surface area (Å²) in [7, 11) is 0. The Hall–Kier alpha value is -3.35. The third kappa shape index (κ3) is 4.55. The van der Waals surface area contributed by atoms with Crippen molar-refractivity contribution in [2.45, 2.75) is 32.2 Å². The topological polar surface area (TPSA) is 81.8 Å². The van der Waals surface area contributed by atoms with Crippen LogP contribution in [0, 0.1) is 6.92 Å². The molecule has 2 aromatic carbocycles. The van der Waals surface area contributed by atoms with Crippen LogP contribution in [-0.2, 0) is 4.79 Å². The maximum atomic E-state index is 13.4. The maximum Gasteiger partial charge on any atom is 0.322 e. The summed E-state index contributed by atoms with van der Waals surface area (Å²) in [6.45, 7) is 4.16. The van der Waals surface area contributed by atoms with Gasteiger partial charge in [-0.2, -0.15) is 0 Å². The number of amides is 4. The van der Waals surface area contributed by atoms with E-state index in [2.05, 4.69) is 10.6 Å². The van der Waals surface area contributed by atoms with Crippen molar-refractivity contribution >= 4 is 23.5 Å². The van der Waals surface area contributed by atoms with Crippen LogP contribution in [0.15, 0.2) is 48.5 Å². The largest absolute Gasteiger partial charge is 0.354 e. The smallest absolute Gasteiger partial charge is 0.322 e. The van der Waals surface area contributed by atoms with Crippen LogP contribution in [0.5, 0.6) is 0 Å². The van der Waals surface area contributed by atoms with Gasteiger partial charge in [-0.3, -0.25) is 9.59 Å². The third-order valence-electron chi connectivity index (χ3n) is 6.00. The van der Waals surface area contributed by atoms with Crippen LogP contribution >= 0.6 is 0 Å². The molecule has 0 spiro atoms. The number of rotatable bonds is 3. The zero-order valence-corrected chi connectivity index (χ0v) is 17.8. The Bertz CT molecular complexity index is 970. The van der Waals surface area contributed by atoms with Crippen LogP contribution in [-0.4, -0.2) is 53.8 Å². The molecule has 31 heavy (non-hydrogen) atoms. The average Bonchev–Trinajstić information content (AvgIpc) is 3.24. The van der Waals surface area contributed by atoms with Gasteiger partial charge in [-0.25, -0.2) is 4.79 Å². The minimum atomic E-state index is -0.370. The lowest BCUT2D eigenvalue weighted by Crippen LogP contribution is -2.40. The van der Waals surface area contributed by atoms with Crippen LogP contribution in [0.4, 0.5) is 10.5 Å². The van der Waals surface area contributed by atoms with Gasteiger partial charge in [0.1, 0.15) is 0 Å². The fraction of sp³-hybridized carbons (Fsp3) is 0.375. The third-order valence-corrected chi connectivity index (χ3v) is 6.00. The van der Waals surface area contributed by atoms with Gasteiger partial charge in [-0.15, -0.1) is 0 Å². The molecule has 2 aliphatic rings. The second-order valence-electron chi connectivity index (χ2n) is 8.10. The zero-order chi connectivity index (χ0) is 21.8. The molecule has 2 heterocycles. The molecule has 0 radical (unpaired) electrons. The second-order valence-corrected chi connectivity index (χ2v) is 8.10. The van der Waals surface area contributed by atoms with E-state index in [-0.39, 0.29) is 30.3 Å². The lowest BCUT2D eigenvalue weighted by atomic mass is 10.0. The molecule has 2 saturated heterocycles. The van der Waals surface area contributed by atoms with Gasteiger partial charge in [0.05, 0.1) is 23.7 Å². The Kier molecular flexibility index (Phi) is 6.21. The minimum absolute atomic E-state index is 0.0520. The average molecular weight is 421 g/mol. The van der Waals surface area contributed by atoms with Gasteiger partial charge in [0, 0.05) is 26.2 Å². The number of likely N-dealkylation sites (tertiary alicyclic amines) is 1. The summed E-state index contributed by atoms with van der Waals surface area (Å²) in [4.78, 5) is 42.2. The van der Waals surface area contributed by atoms with Crippen molar-refractivity contribution in [1.29, 1.82) is 0 Å². The van der Waals surface area contributed by atoms with Gasteiger partial charge in [0.2, 0.25) is 5.91 Å². The Morgan fingerprint density at radius 1 is 1.00 bits per heavy atom. The van der Waals surface area contributed by atoms with Crippen molar-refractivity contribution in [2.24, 2.45) is 0 Å². The molecular weight excluding hydrogens is 392 g/mol. The molecular formula is C24H28N4O3. The standard InChI is InChI=1S/C24H28N4O3/c1-17-8-7-11-19(23(30)27-13-5-6-14-27)22(17)26-24(31)28-15-12-25-21(29)16-20(28)18-9-3-2-4-10-18/h2-4,7-11,20H,5-6,12-16H2,1H3,(H,25,29)(H,26,31)/t20-/m0/s1. The Morgan fingerprint density at radius 3 is 2.48 bits per heavy atom. The Balaban J connectivity index is 1.62. The number of hydrogen-bond acceptors (Lipinski definition) is 3. The quantitative estimate of drug-likeness (QED) is 0.799.